The van der Waals surface area contributed by atoms with Crippen LogP contribution in [0, 0.1) is 11.2 Å². The molecule has 5 rings (SSSR count). The Morgan fingerprint density at radius 3 is 2.49 bits per heavy atom. The minimum absolute atomic E-state index is 0.00111. The molecule has 2 aliphatic rings. The van der Waals surface area contributed by atoms with Crippen LogP contribution in [0.15, 0.2) is 42.5 Å². The molecule has 1 aromatic heterocycles. The maximum Gasteiger partial charge on any atom is 0.429 e. The first kappa shape index (κ1) is 29.2. The van der Waals surface area contributed by atoms with Crippen molar-refractivity contribution in [2.24, 2.45) is 5.41 Å². The number of carboxylic acids is 1. The predicted molar refractivity (Wildman–Crippen MR) is 146 cm³/mol. The van der Waals surface area contributed by atoms with Crippen molar-refractivity contribution in [3.05, 3.63) is 63.9 Å². The molecule has 0 saturated carbocycles. The first-order valence-corrected chi connectivity index (χ1v) is 13.4. The van der Waals surface area contributed by atoms with Gasteiger partial charge in [-0.05, 0) is 66.1 Å². The minimum Gasteiger partial charge on any atom is -0.480 e. The second-order valence-corrected chi connectivity index (χ2v) is 11.2. The maximum absolute atomic E-state index is 14.5. The number of anilines is 2. The van der Waals surface area contributed by atoms with Crippen molar-refractivity contribution in [1.29, 1.82) is 0 Å². The van der Waals surface area contributed by atoms with Crippen molar-refractivity contribution in [3.63, 3.8) is 0 Å². The summed E-state index contributed by atoms with van der Waals surface area (Å²) in [5.74, 6) is -2.01. The van der Waals surface area contributed by atoms with Gasteiger partial charge in [0.05, 0.1) is 0 Å². The molecule has 2 aliphatic heterocycles. The molecule has 8 nitrogen and oxygen atoms in total. The van der Waals surface area contributed by atoms with E-state index in [1.54, 1.807) is 0 Å². The van der Waals surface area contributed by atoms with E-state index in [2.05, 4.69) is 15.3 Å². The maximum atomic E-state index is 14.5. The van der Waals surface area contributed by atoms with Crippen LogP contribution in [0.1, 0.15) is 30.9 Å². The fraction of sp³-hybridized carbons (Fsp3) is 0.370. The van der Waals surface area contributed by atoms with E-state index in [1.807, 2.05) is 4.90 Å². The molecule has 218 valence electrons. The van der Waals surface area contributed by atoms with Gasteiger partial charge in [0, 0.05) is 41.3 Å². The molecule has 1 spiro atoms. The number of nitrogens with one attached hydrogen (secondary N) is 1. The molecule has 4 N–H and O–H groups in total. The lowest BCUT2D eigenvalue weighted by Crippen LogP contribution is -2.41. The number of piperidine rings is 1. The molecule has 2 aromatic carbocycles. The lowest BCUT2D eigenvalue weighted by molar-refractivity contribution is -0.198. The number of aliphatic carboxylic acids is 1. The number of alkyl halides is 3. The third-order valence-electron chi connectivity index (χ3n) is 7.52. The van der Waals surface area contributed by atoms with Crippen molar-refractivity contribution in [1.82, 2.24) is 15.3 Å². The fourth-order valence-electron chi connectivity index (χ4n) is 5.48. The summed E-state index contributed by atoms with van der Waals surface area (Å²) in [5, 5.41) is 12.5. The second kappa shape index (κ2) is 11.1. The highest BCUT2D eigenvalue weighted by molar-refractivity contribution is 6.31. The number of carboxylic acid groups (broad SMARTS) is 1. The average Bonchev–Trinajstić information content (AvgIpc) is 3.30. The molecule has 0 radical (unpaired) electrons. The number of nitrogens with two attached hydrogens (primary N) is 1. The molecule has 0 aliphatic carbocycles. The second-order valence-electron chi connectivity index (χ2n) is 10.3. The monoisotopic (exact) mass is 613 g/mol. The Morgan fingerprint density at radius 2 is 1.85 bits per heavy atom. The Hall–Kier alpha value is -3.35. The van der Waals surface area contributed by atoms with Gasteiger partial charge in [0.15, 0.2) is 0 Å². The molecule has 2 fully saturated rings. The first-order chi connectivity index (χ1) is 19.3. The molecule has 14 heteroatoms. The van der Waals surface area contributed by atoms with Crippen LogP contribution in [0.25, 0.3) is 11.1 Å². The van der Waals surface area contributed by atoms with Crippen LogP contribution in [-0.2, 0) is 4.79 Å². The summed E-state index contributed by atoms with van der Waals surface area (Å²) >= 11 is 12.1. The van der Waals surface area contributed by atoms with Gasteiger partial charge in [-0.3, -0.25) is 4.79 Å². The van der Waals surface area contributed by atoms with Crippen LogP contribution in [0.4, 0.5) is 29.3 Å². The highest BCUT2D eigenvalue weighted by Gasteiger charge is 2.46. The Morgan fingerprint density at radius 1 is 1.12 bits per heavy atom. The number of hydrogen-bond acceptors (Lipinski definition) is 7. The van der Waals surface area contributed by atoms with Crippen LogP contribution in [0.3, 0.4) is 0 Å². The quantitative estimate of drug-likeness (QED) is 0.295. The lowest BCUT2D eigenvalue weighted by atomic mass is 9.76. The van der Waals surface area contributed by atoms with Crippen LogP contribution >= 0.6 is 23.2 Å². The number of aromatic nitrogens is 2. The van der Waals surface area contributed by atoms with E-state index in [9.17, 15) is 27.5 Å². The number of nitrogen functional groups attached to an aromatic ring is 1. The largest absolute Gasteiger partial charge is 0.480 e. The highest BCUT2D eigenvalue weighted by Crippen LogP contribution is 2.44. The molecular formula is C27H25Cl2F4N5O3. The van der Waals surface area contributed by atoms with E-state index >= 15 is 0 Å². The van der Waals surface area contributed by atoms with Gasteiger partial charge in [-0.2, -0.15) is 23.1 Å². The molecule has 41 heavy (non-hydrogen) atoms. The molecule has 2 saturated heterocycles. The van der Waals surface area contributed by atoms with Gasteiger partial charge >= 0.3 is 12.1 Å². The Bertz CT molecular complexity index is 1450. The van der Waals surface area contributed by atoms with Gasteiger partial charge < -0.3 is 25.8 Å². The highest BCUT2D eigenvalue weighted by atomic mass is 35.5. The van der Waals surface area contributed by atoms with E-state index in [0.29, 0.717) is 38.9 Å². The Balaban J connectivity index is 1.43. The summed E-state index contributed by atoms with van der Waals surface area (Å²) in [6.45, 7) is 1.56. The Kier molecular flexibility index (Phi) is 7.92. The SMILES string of the molecule is Nc1nc(O[C@H](c2ccc(Cl)cc2-c2cc(F)cc(Cl)c2)C(F)(F)F)cc(N2CCC3(CC2)CNC(C(=O)O)C3)n1. The molecule has 2 atom stereocenters. The average molecular weight is 614 g/mol. The van der Waals surface area contributed by atoms with Crippen molar-refractivity contribution in [2.75, 3.05) is 30.3 Å². The van der Waals surface area contributed by atoms with Crippen LogP contribution in [0.2, 0.25) is 10.0 Å². The number of nitrogens with zero attached hydrogens (tertiary/aromatic N) is 3. The van der Waals surface area contributed by atoms with Gasteiger partial charge in [-0.25, -0.2) is 4.39 Å². The van der Waals surface area contributed by atoms with Crippen molar-refractivity contribution in [3.8, 4) is 17.0 Å². The van der Waals surface area contributed by atoms with Crippen LogP contribution < -0.4 is 20.7 Å². The summed E-state index contributed by atoms with van der Waals surface area (Å²) < 4.78 is 63.0. The van der Waals surface area contributed by atoms with Crippen LogP contribution in [0.5, 0.6) is 5.88 Å². The summed E-state index contributed by atoms with van der Waals surface area (Å²) in [6, 6.07) is 7.82. The van der Waals surface area contributed by atoms with E-state index in [4.69, 9.17) is 33.7 Å². The van der Waals surface area contributed by atoms with Crippen molar-refractivity contribution in [2.45, 2.75) is 37.6 Å². The van der Waals surface area contributed by atoms with Gasteiger partial charge in [0.2, 0.25) is 17.9 Å². The molecule has 3 aromatic rings. The van der Waals surface area contributed by atoms with E-state index in [1.165, 1.54) is 24.3 Å². The summed E-state index contributed by atoms with van der Waals surface area (Å²) in [4.78, 5) is 21.3. The number of rotatable bonds is 6. The van der Waals surface area contributed by atoms with Gasteiger partial charge in [-0.1, -0.05) is 29.3 Å². The third kappa shape index (κ3) is 6.44. The fourth-order valence-corrected chi connectivity index (χ4v) is 5.87. The molecule has 0 bridgehead atoms. The predicted octanol–water partition coefficient (Wildman–Crippen LogP) is 5.89. The zero-order valence-electron chi connectivity index (χ0n) is 21.4. The number of carbonyl (C=O) groups is 1. The molecule has 3 heterocycles. The van der Waals surface area contributed by atoms with E-state index in [-0.39, 0.29) is 43.9 Å². The number of benzene rings is 2. The number of halogens is 6. The normalized spacial score (nSPS) is 19.4. The Labute approximate surface area is 242 Å². The number of hydrogen-bond donors (Lipinski definition) is 3. The summed E-state index contributed by atoms with van der Waals surface area (Å²) in [5.41, 5.74) is 5.43. The lowest BCUT2D eigenvalue weighted by Gasteiger charge is -2.39. The van der Waals surface area contributed by atoms with Gasteiger partial charge in [-0.15, -0.1) is 0 Å². The van der Waals surface area contributed by atoms with Gasteiger partial charge in [0.1, 0.15) is 17.7 Å². The van der Waals surface area contributed by atoms with E-state index in [0.717, 1.165) is 18.2 Å². The molecule has 1 unspecified atom stereocenters. The van der Waals surface area contributed by atoms with Crippen molar-refractivity contribution < 1.29 is 32.2 Å². The minimum atomic E-state index is -4.91. The number of ether oxygens (including phenoxy) is 1. The van der Waals surface area contributed by atoms with Gasteiger partial charge in [0.25, 0.3) is 0 Å². The zero-order valence-corrected chi connectivity index (χ0v) is 22.9. The smallest absolute Gasteiger partial charge is 0.429 e. The molecule has 0 amide bonds. The summed E-state index contributed by atoms with van der Waals surface area (Å²) in [6.07, 6.45) is -5.59. The third-order valence-corrected chi connectivity index (χ3v) is 7.97. The first-order valence-electron chi connectivity index (χ1n) is 12.7. The standard InChI is InChI=1S/C27H25Cl2F4N5O3/c28-15-1-2-18(19(10-15)14-7-16(29)9-17(30)8-14)23(27(31,32)33)41-22-11-21(36-25(34)37-22)38-5-3-26(4-6-38)12-20(24(39)40)35-13-26/h1-2,7-11,20,23,35H,3-6,12-13H2,(H,39,40)(H2,34,36,37)/t20?,23-/m1/s1. The molecular weight excluding hydrogens is 589 g/mol. The zero-order chi connectivity index (χ0) is 29.5. The summed E-state index contributed by atoms with van der Waals surface area (Å²) in [7, 11) is 0. The van der Waals surface area contributed by atoms with E-state index < -0.39 is 36.0 Å². The van der Waals surface area contributed by atoms with Crippen molar-refractivity contribution >= 4 is 40.9 Å². The topological polar surface area (TPSA) is 114 Å². The van der Waals surface area contributed by atoms with Crippen LogP contribution in [-0.4, -0.2) is 52.9 Å².